The van der Waals surface area contributed by atoms with Gasteiger partial charge in [-0.3, -0.25) is 0 Å². The van der Waals surface area contributed by atoms with E-state index >= 15 is 0 Å². The van der Waals surface area contributed by atoms with Gasteiger partial charge in [-0.1, -0.05) is 0 Å². The summed E-state index contributed by atoms with van der Waals surface area (Å²) in [6.07, 6.45) is -0.341. The van der Waals surface area contributed by atoms with Crippen LogP contribution in [0.3, 0.4) is 0 Å². The van der Waals surface area contributed by atoms with E-state index in [9.17, 15) is 0 Å². The van der Waals surface area contributed by atoms with Crippen molar-refractivity contribution < 1.29 is 18.9 Å². The molecule has 1 saturated heterocycles. The van der Waals surface area contributed by atoms with Crippen molar-refractivity contribution in [1.29, 1.82) is 0 Å². The molecule has 1 rings (SSSR count). The van der Waals surface area contributed by atoms with Crippen LogP contribution in [-0.4, -0.2) is 45.7 Å². The van der Waals surface area contributed by atoms with Crippen LogP contribution in [0.25, 0.3) is 0 Å². The van der Waals surface area contributed by atoms with Crippen molar-refractivity contribution in [3.63, 3.8) is 0 Å². The molecule has 0 bridgehead atoms. The van der Waals surface area contributed by atoms with Crippen LogP contribution in [0, 0.1) is 6.61 Å². The summed E-state index contributed by atoms with van der Waals surface area (Å²) >= 11 is 0. The minimum Gasteiger partial charge on any atom is -0.376 e. The lowest BCUT2D eigenvalue weighted by atomic mass is 10.0. The molecular formula is C9H17O4. The van der Waals surface area contributed by atoms with E-state index in [1.54, 1.807) is 27.9 Å². The molecule has 1 aliphatic heterocycles. The molecule has 1 aliphatic rings. The summed E-state index contributed by atoms with van der Waals surface area (Å²) in [6.45, 7) is 3.61. The first-order valence-corrected chi connectivity index (χ1v) is 4.31. The molecule has 0 saturated carbocycles. The molecule has 0 spiro atoms. The molecule has 13 heavy (non-hydrogen) atoms. The Bertz CT molecular complexity index is 151. The van der Waals surface area contributed by atoms with Gasteiger partial charge in [-0.15, -0.1) is 0 Å². The highest BCUT2D eigenvalue weighted by Gasteiger charge is 2.39. The summed E-state index contributed by atoms with van der Waals surface area (Å²) < 4.78 is 21.1. The van der Waals surface area contributed by atoms with Gasteiger partial charge < -0.3 is 18.9 Å². The Kier molecular flexibility index (Phi) is 4.12. The number of methoxy groups -OCH3 is 3. The predicted molar refractivity (Wildman–Crippen MR) is 47.2 cm³/mol. The number of hydrogen-bond donors (Lipinski definition) is 0. The second-order valence-corrected chi connectivity index (χ2v) is 3.08. The van der Waals surface area contributed by atoms with Gasteiger partial charge in [0, 0.05) is 21.3 Å². The molecule has 1 heterocycles. The molecular weight excluding hydrogens is 172 g/mol. The van der Waals surface area contributed by atoms with Crippen molar-refractivity contribution in [2.24, 2.45) is 0 Å². The van der Waals surface area contributed by atoms with Crippen LogP contribution in [0.2, 0.25) is 0 Å². The molecule has 0 N–H and O–H groups in total. The van der Waals surface area contributed by atoms with Gasteiger partial charge in [0.05, 0.1) is 6.10 Å². The first-order chi connectivity index (χ1) is 6.24. The Morgan fingerprint density at radius 1 is 1.00 bits per heavy atom. The second-order valence-electron chi connectivity index (χ2n) is 3.08. The molecule has 1 fully saturated rings. The molecule has 4 nitrogen and oxygen atoms in total. The van der Waals surface area contributed by atoms with E-state index in [2.05, 4.69) is 0 Å². The van der Waals surface area contributed by atoms with Crippen LogP contribution in [0.15, 0.2) is 0 Å². The van der Waals surface area contributed by atoms with Gasteiger partial charge in [-0.2, -0.15) is 0 Å². The fraction of sp³-hybridized carbons (Fsp3) is 0.889. The van der Waals surface area contributed by atoms with Crippen molar-refractivity contribution >= 4 is 0 Å². The van der Waals surface area contributed by atoms with Crippen molar-refractivity contribution in [3.8, 4) is 0 Å². The third-order valence-corrected chi connectivity index (χ3v) is 2.35. The highest BCUT2D eigenvalue weighted by atomic mass is 16.6. The highest BCUT2D eigenvalue weighted by Crippen LogP contribution is 2.24. The molecule has 0 amide bonds. The molecule has 1 radical (unpaired) electrons. The topological polar surface area (TPSA) is 36.9 Å². The maximum absolute atomic E-state index is 5.36. The predicted octanol–water partition coefficient (Wildman–Crippen LogP) is 0.612. The van der Waals surface area contributed by atoms with Crippen molar-refractivity contribution in [3.05, 3.63) is 6.61 Å². The molecule has 0 aromatic heterocycles. The van der Waals surface area contributed by atoms with Gasteiger partial charge in [-0.05, 0) is 6.92 Å². The van der Waals surface area contributed by atoms with E-state index in [1.165, 1.54) is 0 Å². The first-order valence-electron chi connectivity index (χ1n) is 4.31. The standard InChI is InChI=1S/C9H17O4/c1-6-8(11-3)9(12-4)7(10-2)5-13-6/h5-9H,1-4H3/t6-,7+,8-,9+/m0/s1. The van der Waals surface area contributed by atoms with Crippen LogP contribution in [0.1, 0.15) is 6.92 Å². The van der Waals surface area contributed by atoms with Gasteiger partial charge in [-0.25, -0.2) is 0 Å². The maximum Gasteiger partial charge on any atom is 0.116 e. The summed E-state index contributed by atoms with van der Waals surface area (Å²) in [7, 11) is 4.92. The maximum atomic E-state index is 5.36. The molecule has 0 aromatic rings. The van der Waals surface area contributed by atoms with E-state index < -0.39 is 0 Å². The normalized spacial score (nSPS) is 40.6. The minimum atomic E-state index is -0.161. The van der Waals surface area contributed by atoms with Crippen LogP contribution in [-0.2, 0) is 18.9 Å². The summed E-state index contributed by atoms with van der Waals surface area (Å²) in [6, 6.07) is 0. The summed E-state index contributed by atoms with van der Waals surface area (Å²) in [5.41, 5.74) is 0. The average molecular weight is 189 g/mol. The zero-order valence-electron chi connectivity index (χ0n) is 8.52. The van der Waals surface area contributed by atoms with E-state index in [0.717, 1.165) is 0 Å². The SMILES string of the molecule is CO[C@@H]1[C@H](OC)[C@H](OC)[CH]O[C@H]1C. The van der Waals surface area contributed by atoms with Gasteiger partial charge in [0.25, 0.3) is 0 Å². The fourth-order valence-corrected chi connectivity index (χ4v) is 1.59. The average Bonchev–Trinajstić information content (AvgIpc) is 2.17. The number of ether oxygens (including phenoxy) is 4. The summed E-state index contributed by atoms with van der Waals surface area (Å²) in [5, 5.41) is 0. The summed E-state index contributed by atoms with van der Waals surface area (Å²) in [5.74, 6) is 0. The smallest absolute Gasteiger partial charge is 0.116 e. The molecule has 4 atom stereocenters. The number of rotatable bonds is 3. The van der Waals surface area contributed by atoms with E-state index in [1.807, 2.05) is 6.92 Å². The third-order valence-electron chi connectivity index (χ3n) is 2.35. The molecule has 77 valence electrons. The Morgan fingerprint density at radius 3 is 2.08 bits per heavy atom. The van der Waals surface area contributed by atoms with Crippen molar-refractivity contribution in [2.75, 3.05) is 21.3 Å². The molecule has 4 heteroatoms. The Hall–Kier alpha value is -0.160. The zero-order chi connectivity index (χ0) is 9.84. The lowest BCUT2D eigenvalue weighted by Gasteiger charge is -2.38. The lowest BCUT2D eigenvalue weighted by Crippen LogP contribution is -2.52. The Morgan fingerprint density at radius 2 is 1.62 bits per heavy atom. The fourth-order valence-electron chi connectivity index (χ4n) is 1.59. The van der Waals surface area contributed by atoms with Gasteiger partial charge >= 0.3 is 0 Å². The zero-order valence-corrected chi connectivity index (χ0v) is 8.52. The van der Waals surface area contributed by atoms with Crippen LogP contribution < -0.4 is 0 Å². The molecule has 0 aromatic carbocycles. The lowest BCUT2D eigenvalue weighted by molar-refractivity contribution is -0.183. The molecule has 0 aliphatic carbocycles. The van der Waals surface area contributed by atoms with E-state index in [4.69, 9.17) is 18.9 Å². The van der Waals surface area contributed by atoms with Crippen molar-refractivity contribution in [2.45, 2.75) is 31.3 Å². The Balaban J connectivity index is 2.64. The van der Waals surface area contributed by atoms with E-state index in [0.29, 0.717) is 0 Å². The second kappa shape index (κ2) is 4.91. The quantitative estimate of drug-likeness (QED) is 0.652. The summed E-state index contributed by atoms with van der Waals surface area (Å²) in [4.78, 5) is 0. The monoisotopic (exact) mass is 189 g/mol. The minimum absolute atomic E-state index is 0.00125. The first kappa shape index (κ1) is 10.9. The van der Waals surface area contributed by atoms with Gasteiger partial charge in [0.2, 0.25) is 0 Å². The highest BCUT2D eigenvalue weighted by molar-refractivity contribution is 4.92. The number of hydrogen-bond acceptors (Lipinski definition) is 4. The van der Waals surface area contributed by atoms with Gasteiger partial charge in [0.15, 0.2) is 0 Å². The Labute approximate surface area is 79.1 Å². The van der Waals surface area contributed by atoms with E-state index in [-0.39, 0.29) is 24.4 Å². The van der Waals surface area contributed by atoms with Crippen molar-refractivity contribution in [1.82, 2.24) is 0 Å². The molecule has 0 unspecified atom stereocenters. The largest absolute Gasteiger partial charge is 0.376 e. The van der Waals surface area contributed by atoms with Crippen LogP contribution in [0.5, 0.6) is 0 Å². The van der Waals surface area contributed by atoms with Gasteiger partial charge in [0.1, 0.15) is 24.9 Å². The van der Waals surface area contributed by atoms with Crippen LogP contribution >= 0.6 is 0 Å². The van der Waals surface area contributed by atoms with Crippen LogP contribution in [0.4, 0.5) is 0 Å². The third kappa shape index (κ3) is 2.20.